The van der Waals surface area contributed by atoms with Gasteiger partial charge < -0.3 is 13.8 Å². The van der Waals surface area contributed by atoms with Crippen LogP contribution in [0.25, 0.3) is 0 Å². The Hall–Kier alpha value is -2.01. The van der Waals surface area contributed by atoms with Gasteiger partial charge in [-0.1, -0.05) is 35.9 Å². The van der Waals surface area contributed by atoms with Crippen LogP contribution < -0.4 is 14.1 Å². The molecule has 2 rings (SSSR count). The standard InChI is InChI=1S/C18H21ClNO5P/c1-13(2)23-18(21)14(3)20-26(22,24-16-9-5-4-6-10-16)25-17-11-7-8-15(19)12-17/h4-14H,1-3H3,(H,20,22)/t14-,26-/m1/s1. The first-order valence-corrected chi connectivity index (χ1v) is 9.97. The highest BCUT2D eigenvalue weighted by Crippen LogP contribution is 2.45. The number of esters is 1. The molecule has 0 saturated carbocycles. The smallest absolute Gasteiger partial charge is 0.462 e. The van der Waals surface area contributed by atoms with Crippen molar-refractivity contribution < 1.29 is 23.1 Å². The second-order valence-corrected chi connectivity index (χ2v) is 7.84. The van der Waals surface area contributed by atoms with Crippen LogP contribution in [0.3, 0.4) is 0 Å². The molecule has 1 N–H and O–H groups in total. The Morgan fingerprint density at radius 3 is 2.23 bits per heavy atom. The fourth-order valence-electron chi connectivity index (χ4n) is 1.98. The lowest BCUT2D eigenvalue weighted by Crippen LogP contribution is -2.36. The highest BCUT2D eigenvalue weighted by molar-refractivity contribution is 7.52. The normalized spacial score (nSPS) is 14.3. The van der Waals surface area contributed by atoms with Gasteiger partial charge in [0, 0.05) is 5.02 Å². The van der Waals surface area contributed by atoms with E-state index in [9.17, 15) is 9.36 Å². The summed E-state index contributed by atoms with van der Waals surface area (Å²) < 4.78 is 29.5. The predicted molar refractivity (Wildman–Crippen MR) is 101 cm³/mol. The number of hydrogen-bond donors (Lipinski definition) is 1. The van der Waals surface area contributed by atoms with Crippen molar-refractivity contribution in [1.29, 1.82) is 0 Å². The molecule has 0 fully saturated rings. The molecule has 0 heterocycles. The van der Waals surface area contributed by atoms with Crippen LogP contribution in [-0.2, 0) is 14.1 Å². The number of ether oxygens (including phenoxy) is 1. The number of hydrogen-bond acceptors (Lipinski definition) is 5. The maximum atomic E-state index is 13.3. The number of nitrogens with one attached hydrogen (secondary N) is 1. The Labute approximate surface area is 158 Å². The molecule has 0 unspecified atom stereocenters. The van der Waals surface area contributed by atoms with Crippen LogP contribution in [-0.4, -0.2) is 18.1 Å². The van der Waals surface area contributed by atoms with E-state index in [-0.39, 0.29) is 11.9 Å². The lowest BCUT2D eigenvalue weighted by molar-refractivity contribution is -0.149. The Balaban J connectivity index is 2.22. The number of halogens is 1. The molecule has 0 aliphatic rings. The minimum absolute atomic E-state index is 0.244. The summed E-state index contributed by atoms with van der Waals surface area (Å²) in [6, 6.07) is 14.0. The summed E-state index contributed by atoms with van der Waals surface area (Å²) in [6.45, 7) is 4.98. The fourth-order valence-corrected chi connectivity index (χ4v) is 3.67. The van der Waals surface area contributed by atoms with Gasteiger partial charge in [0.15, 0.2) is 0 Å². The van der Waals surface area contributed by atoms with Crippen molar-refractivity contribution in [3.8, 4) is 11.5 Å². The summed E-state index contributed by atoms with van der Waals surface area (Å²) in [7, 11) is -3.95. The van der Waals surface area contributed by atoms with E-state index in [0.29, 0.717) is 10.8 Å². The van der Waals surface area contributed by atoms with Crippen molar-refractivity contribution in [2.45, 2.75) is 32.9 Å². The van der Waals surface area contributed by atoms with Crippen molar-refractivity contribution in [2.24, 2.45) is 0 Å². The van der Waals surface area contributed by atoms with Crippen LogP contribution in [0.5, 0.6) is 11.5 Å². The number of rotatable bonds is 8. The van der Waals surface area contributed by atoms with Crippen molar-refractivity contribution in [1.82, 2.24) is 5.09 Å². The average Bonchev–Trinajstić information content (AvgIpc) is 2.54. The van der Waals surface area contributed by atoms with E-state index in [1.165, 1.54) is 13.0 Å². The van der Waals surface area contributed by atoms with E-state index >= 15 is 0 Å². The van der Waals surface area contributed by atoms with Gasteiger partial charge in [-0.3, -0.25) is 4.79 Å². The van der Waals surface area contributed by atoms with Gasteiger partial charge >= 0.3 is 13.7 Å². The van der Waals surface area contributed by atoms with Gasteiger partial charge in [0.05, 0.1) is 6.10 Å². The Kier molecular flexibility index (Phi) is 7.09. The molecule has 0 aromatic heterocycles. The molecular formula is C18H21ClNO5P. The molecule has 0 saturated heterocycles. The second kappa shape index (κ2) is 9.08. The minimum atomic E-state index is -3.95. The van der Waals surface area contributed by atoms with E-state index in [1.54, 1.807) is 62.4 Å². The van der Waals surface area contributed by atoms with Crippen molar-refractivity contribution in [3.05, 3.63) is 59.6 Å². The zero-order valence-corrected chi connectivity index (χ0v) is 16.4. The van der Waals surface area contributed by atoms with E-state index in [2.05, 4.69) is 5.09 Å². The molecule has 2 atom stereocenters. The third-order valence-corrected chi connectivity index (χ3v) is 4.89. The highest BCUT2D eigenvalue weighted by atomic mass is 35.5. The van der Waals surface area contributed by atoms with Crippen LogP contribution in [0.2, 0.25) is 5.02 Å². The average molecular weight is 398 g/mol. The first-order chi connectivity index (χ1) is 12.3. The van der Waals surface area contributed by atoms with Crippen molar-refractivity contribution >= 4 is 25.3 Å². The third kappa shape index (κ3) is 6.37. The molecule has 2 aromatic rings. The quantitative estimate of drug-likeness (QED) is 0.507. The van der Waals surface area contributed by atoms with E-state index in [4.69, 9.17) is 25.4 Å². The molecule has 0 spiro atoms. The number of para-hydroxylation sites is 1. The summed E-state index contributed by atoms with van der Waals surface area (Å²) in [5, 5.41) is 3.03. The summed E-state index contributed by atoms with van der Waals surface area (Å²) in [4.78, 5) is 12.1. The summed E-state index contributed by atoms with van der Waals surface area (Å²) >= 11 is 5.94. The zero-order valence-electron chi connectivity index (χ0n) is 14.7. The first-order valence-electron chi connectivity index (χ1n) is 8.05. The van der Waals surface area contributed by atoms with E-state index < -0.39 is 19.8 Å². The molecule has 0 aliphatic carbocycles. The van der Waals surface area contributed by atoms with Crippen LogP contribution in [0.1, 0.15) is 20.8 Å². The van der Waals surface area contributed by atoms with Crippen LogP contribution in [0, 0.1) is 0 Å². The summed E-state index contributed by atoms with van der Waals surface area (Å²) in [5.41, 5.74) is 0. The summed E-state index contributed by atoms with van der Waals surface area (Å²) in [6.07, 6.45) is -0.296. The molecule has 2 aromatic carbocycles. The Morgan fingerprint density at radius 2 is 1.62 bits per heavy atom. The molecule has 0 amide bonds. The van der Waals surface area contributed by atoms with Gasteiger partial charge in [-0.05, 0) is 51.1 Å². The lowest BCUT2D eigenvalue weighted by atomic mass is 10.3. The fraction of sp³-hybridized carbons (Fsp3) is 0.278. The molecule has 0 aliphatic heterocycles. The zero-order chi connectivity index (χ0) is 19.2. The van der Waals surface area contributed by atoms with Gasteiger partial charge in [0.25, 0.3) is 0 Å². The maximum absolute atomic E-state index is 13.3. The highest BCUT2D eigenvalue weighted by Gasteiger charge is 2.34. The van der Waals surface area contributed by atoms with Gasteiger partial charge in [-0.2, -0.15) is 5.09 Å². The number of carbonyl (C=O) groups is 1. The van der Waals surface area contributed by atoms with Gasteiger partial charge in [-0.25, -0.2) is 4.57 Å². The molecule has 6 nitrogen and oxygen atoms in total. The number of benzene rings is 2. The van der Waals surface area contributed by atoms with Crippen molar-refractivity contribution in [2.75, 3.05) is 0 Å². The Morgan fingerprint density at radius 1 is 1.00 bits per heavy atom. The summed E-state index contributed by atoms with van der Waals surface area (Å²) in [5.74, 6) is 0.00932. The monoisotopic (exact) mass is 397 g/mol. The van der Waals surface area contributed by atoms with Crippen LogP contribution in [0.4, 0.5) is 0 Å². The van der Waals surface area contributed by atoms with Gasteiger partial charge in [0.1, 0.15) is 17.5 Å². The van der Waals surface area contributed by atoms with Gasteiger partial charge in [0.2, 0.25) is 0 Å². The maximum Gasteiger partial charge on any atom is 0.513 e. The second-order valence-electron chi connectivity index (χ2n) is 5.79. The molecule has 8 heteroatoms. The molecular weight excluding hydrogens is 377 g/mol. The SMILES string of the molecule is CC(C)OC(=O)[C@@H](C)N[P@@](=O)(Oc1ccccc1)Oc1cccc(Cl)c1. The predicted octanol–water partition coefficient (Wildman–Crippen LogP) is 4.84. The first kappa shape index (κ1) is 20.3. The van der Waals surface area contributed by atoms with Crippen LogP contribution >= 0.6 is 19.3 Å². The van der Waals surface area contributed by atoms with E-state index in [0.717, 1.165) is 0 Å². The number of carbonyl (C=O) groups excluding carboxylic acids is 1. The molecule has 140 valence electrons. The topological polar surface area (TPSA) is 73.9 Å². The molecule has 0 bridgehead atoms. The minimum Gasteiger partial charge on any atom is -0.462 e. The molecule has 26 heavy (non-hydrogen) atoms. The Bertz CT molecular complexity index is 784. The van der Waals surface area contributed by atoms with Crippen LogP contribution in [0.15, 0.2) is 54.6 Å². The van der Waals surface area contributed by atoms with E-state index in [1.807, 2.05) is 0 Å². The molecule has 0 radical (unpaired) electrons. The third-order valence-electron chi connectivity index (χ3n) is 3.05. The lowest BCUT2D eigenvalue weighted by Gasteiger charge is -2.23. The van der Waals surface area contributed by atoms with Gasteiger partial charge in [-0.15, -0.1) is 0 Å². The van der Waals surface area contributed by atoms with Crippen molar-refractivity contribution in [3.63, 3.8) is 0 Å². The largest absolute Gasteiger partial charge is 0.513 e.